The van der Waals surface area contributed by atoms with Crippen molar-refractivity contribution in [1.29, 1.82) is 0 Å². The number of esters is 1. The van der Waals surface area contributed by atoms with E-state index in [1.165, 1.54) is 7.11 Å². The van der Waals surface area contributed by atoms with Crippen LogP contribution >= 0.6 is 0 Å². The zero-order valence-corrected chi connectivity index (χ0v) is 15.2. The molecule has 0 radical (unpaired) electrons. The van der Waals surface area contributed by atoms with Crippen LogP contribution < -0.4 is 4.74 Å². The first-order valence-corrected chi connectivity index (χ1v) is 8.32. The van der Waals surface area contributed by atoms with E-state index in [2.05, 4.69) is 9.97 Å². The van der Waals surface area contributed by atoms with Crippen molar-refractivity contribution in [2.75, 3.05) is 20.8 Å². The van der Waals surface area contributed by atoms with Crippen LogP contribution in [0.3, 0.4) is 0 Å². The molecule has 2 heterocycles. The molecule has 2 unspecified atom stereocenters. The second-order valence-electron chi connectivity index (χ2n) is 5.62. The van der Waals surface area contributed by atoms with Crippen LogP contribution in [-0.2, 0) is 20.1 Å². The highest BCUT2D eigenvalue weighted by atomic mass is 16.9. The maximum absolute atomic E-state index is 12.2. The van der Waals surface area contributed by atoms with E-state index in [4.69, 9.17) is 14.3 Å². The average molecular weight is 355 g/mol. The summed E-state index contributed by atoms with van der Waals surface area (Å²) in [6.07, 6.45) is 3.35. The van der Waals surface area contributed by atoms with Gasteiger partial charge in [0.15, 0.2) is 5.82 Å². The van der Waals surface area contributed by atoms with E-state index in [-0.39, 0.29) is 0 Å². The SMILES string of the molecule is CC=C(C(=O)OC)c1ccccc1C1(c2nccc(OCC)n2)ON1C. The zero-order chi connectivity index (χ0) is 18.7. The number of hydrogen-bond acceptors (Lipinski definition) is 7. The van der Waals surface area contributed by atoms with Gasteiger partial charge in [-0.3, -0.25) is 4.84 Å². The van der Waals surface area contributed by atoms with Gasteiger partial charge in [0.1, 0.15) is 0 Å². The number of aromatic nitrogens is 2. The molecule has 7 nitrogen and oxygen atoms in total. The highest BCUT2D eigenvalue weighted by Gasteiger charge is 2.60. The molecule has 0 amide bonds. The summed E-state index contributed by atoms with van der Waals surface area (Å²) in [5, 5.41) is 1.65. The summed E-state index contributed by atoms with van der Waals surface area (Å²) in [7, 11) is 3.15. The van der Waals surface area contributed by atoms with E-state index >= 15 is 0 Å². The fourth-order valence-electron chi connectivity index (χ4n) is 2.94. The Kier molecular flexibility index (Phi) is 5.01. The van der Waals surface area contributed by atoms with Crippen LogP contribution in [0, 0.1) is 0 Å². The molecule has 7 heteroatoms. The van der Waals surface area contributed by atoms with Crippen LogP contribution in [0.2, 0.25) is 0 Å². The highest BCUT2D eigenvalue weighted by Crippen LogP contribution is 2.49. The topological polar surface area (TPSA) is 76.9 Å². The van der Waals surface area contributed by atoms with Crippen LogP contribution in [0.25, 0.3) is 5.57 Å². The van der Waals surface area contributed by atoms with Crippen molar-refractivity contribution < 1.29 is 19.1 Å². The predicted octanol–water partition coefficient (Wildman–Crippen LogP) is 2.53. The number of hydroxylamine groups is 2. The van der Waals surface area contributed by atoms with Crippen LogP contribution in [0.5, 0.6) is 5.88 Å². The number of nitrogens with zero attached hydrogens (tertiary/aromatic N) is 3. The van der Waals surface area contributed by atoms with E-state index in [9.17, 15) is 4.79 Å². The molecule has 0 N–H and O–H groups in total. The van der Waals surface area contributed by atoms with Gasteiger partial charge >= 0.3 is 5.97 Å². The lowest BCUT2D eigenvalue weighted by Crippen LogP contribution is -2.22. The van der Waals surface area contributed by atoms with Crippen molar-refractivity contribution in [3.05, 3.63) is 59.6 Å². The van der Waals surface area contributed by atoms with Crippen molar-refractivity contribution in [3.8, 4) is 5.88 Å². The number of carbonyl (C=O) groups is 1. The Labute approximate surface area is 152 Å². The summed E-state index contributed by atoms with van der Waals surface area (Å²) in [4.78, 5) is 26.9. The number of rotatable bonds is 6. The van der Waals surface area contributed by atoms with Gasteiger partial charge in [0.05, 0.1) is 19.3 Å². The molecule has 26 heavy (non-hydrogen) atoms. The molecular weight excluding hydrogens is 334 g/mol. The fraction of sp³-hybridized carbons (Fsp3) is 0.316. The monoisotopic (exact) mass is 355 g/mol. The number of benzene rings is 1. The molecule has 0 saturated carbocycles. The van der Waals surface area contributed by atoms with Gasteiger partial charge < -0.3 is 9.47 Å². The van der Waals surface area contributed by atoms with Crippen LogP contribution in [-0.4, -0.2) is 41.8 Å². The molecule has 0 bridgehead atoms. The maximum Gasteiger partial charge on any atom is 0.338 e. The smallest absolute Gasteiger partial charge is 0.338 e. The lowest BCUT2D eigenvalue weighted by Gasteiger charge is -2.16. The minimum Gasteiger partial charge on any atom is -0.478 e. The molecule has 2 aromatic rings. The lowest BCUT2D eigenvalue weighted by atomic mass is 9.92. The Morgan fingerprint density at radius 1 is 1.35 bits per heavy atom. The van der Waals surface area contributed by atoms with Crippen LogP contribution in [0.15, 0.2) is 42.6 Å². The molecule has 136 valence electrons. The molecular formula is C19H21N3O4. The van der Waals surface area contributed by atoms with Crippen molar-refractivity contribution in [2.45, 2.75) is 19.6 Å². The van der Waals surface area contributed by atoms with Crippen molar-refractivity contribution in [3.63, 3.8) is 0 Å². The quantitative estimate of drug-likeness (QED) is 0.448. The first-order chi connectivity index (χ1) is 12.6. The lowest BCUT2D eigenvalue weighted by molar-refractivity contribution is -0.133. The number of carbonyl (C=O) groups excluding carboxylic acids is 1. The van der Waals surface area contributed by atoms with Gasteiger partial charge in [-0.25, -0.2) is 9.78 Å². The molecule has 1 fully saturated rings. The molecule has 1 saturated heterocycles. The molecule has 0 spiro atoms. The Bertz CT molecular complexity index is 852. The van der Waals surface area contributed by atoms with Gasteiger partial charge in [0.25, 0.3) is 0 Å². The second kappa shape index (κ2) is 7.23. The summed E-state index contributed by atoms with van der Waals surface area (Å²) in [5.41, 5.74) is 0.935. The van der Waals surface area contributed by atoms with Gasteiger partial charge in [0.2, 0.25) is 11.6 Å². The van der Waals surface area contributed by atoms with Gasteiger partial charge in [-0.1, -0.05) is 30.3 Å². The minimum atomic E-state index is -0.980. The van der Waals surface area contributed by atoms with E-state index in [1.807, 2.05) is 31.2 Å². The number of allylic oxidation sites excluding steroid dienone is 1. The molecule has 2 atom stereocenters. The number of ether oxygens (including phenoxy) is 2. The summed E-state index contributed by atoms with van der Waals surface area (Å²) in [6, 6.07) is 9.18. The largest absolute Gasteiger partial charge is 0.478 e. The van der Waals surface area contributed by atoms with Crippen molar-refractivity contribution >= 4 is 11.5 Å². The third-order valence-electron chi connectivity index (χ3n) is 4.18. The summed E-state index contributed by atoms with van der Waals surface area (Å²) < 4.78 is 10.4. The molecule has 0 aliphatic carbocycles. The molecule has 3 rings (SSSR count). The Morgan fingerprint density at radius 3 is 2.69 bits per heavy atom. The molecule has 1 aromatic heterocycles. The van der Waals surface area contributed by atoms with Crippen LogP contribution in [0.1, 0.15) is 30.8 Å². The molecule has 1 aliphatic heterocycles. The summed E-state index contributed by atoms with van der Waals surface area (Å²) in [5.74, 6) is 0.499. The van der Waals surface area contributed by atoms with E-state index < -0.39 is 11.7 Å². The molecule has 1 aromatic carbocycles. The van der Waals surface area contributed by atoms with Gasteiger partial charge in [-0.2, -0.15) is 4.98 Å². The maximum atomic E-state index is 12.2. The van der Waals surface area contributed by atoms with Gasteiger partial charge in [-0.15, -0.1) is 5.06 Å². The third-order valence-corrected chi connectivity index (χ3v) is 4.18. The minimum absolute atomic E-state index is 0.414. The Morgan fingerprint density at radius 2 is 2.08 bits per heavy atom. The van der Waals surface area contributed by atoms with E-state index in [0.717, 1.165) is 5.56 Å². The zero-order valence-electron chi connectivity index (χ0n) is 15.2. The van der Waals surface area contributed by atoms with Gasteiger partial charge in [0, 0.05) is 24.9 Å². The van der Waals surface area contributed by atoms with Crippen LogP contribution in [0.4, 0.5) is 0 Å². The third kappa shape index (κ3) is 2.95. The average Bonchev–Trinajstić information content (AvgIpc) is 3.35. The van der Waals surface area contributed by atoms with Gasteiger partial charge in [-0.05, 0) is 19.4 Å². The highest BCUT2D eigenvalue weighted by molar-refractivity contribution is 6.16. The van der Waals surface area contributed by atoms with Crippen molar-refractivity contribution in [2.24, 2.45) is 0 Å². The van der Waals surface area contributed by atoms with Crippen molar-refractivity contribution in [1.82, 2.24) is 15.0 Å². The molecule has 1 aliphatic rings. The predicted molar refractivity (Wildman–Crippen MR) is 94.9 cm³/mol. The number of hydrogen-bond donors (Lipinski definition) is 0. The fourth-order valence-corrected chi connectivity index (χ4v) is 2.94. The second-order valence-corrected chi connectivity index (χ2v) is 5.62. The first kappa shape index (κ1) is 18.0. The van der Waals surface area contributed by atoms with E-state index in [1.54, 1.807) is 37.4 Å². The Balaban J connectivity index is 2.13. The standard InChI is InChI=1S/C19H21N3O4/c1-5-13(17(23)24-4)14-9-7-8-10-15(14)19(22(3)26-19)18-20-12-11-16(21-18)25-6-2/h5,7-12H,6H2,1-4H3. The Hall–Kier alpha value is -2.77. The normalized spacial score (nSPS) is 22.0. The number of methoxy groups -OCH3 is 1. The summed E-state index contributed by atoms with van der Waals surface area (Å²) >= 11 is 0. The summed E-state index contributed by atoms with van der Waals surface area (Å²) in [6.45, 7) is 4.18. The first-order valence-electron chi connectivity index (χ1n) is 8.32. The van der Waals surface area contributed by atoms with E-state index in [0.29, 0.717) is 29.4 Å².